The van der Waals surface area contributed by atoms with Crippen molar-refractivity contribution in [3.05, 3.63) is 30.1 Å². The fraction of sp³-hybridized carbons (Fsp3) is 0.706. The van der Waals surface area contributed by atoms with E-state index in [-0.39, 0.29) is 0 Å². The fourth-order valence-corrected chi connectivity index (χ4v) is 3.61. The molecule has 23 heavy (non-hydrogen) atoms. The van der Waals surface area contributed by atoms with E-state index >= 15 is 0 Å². The summed E-state index contributed by atoms with van der Waals surface area (Å²) >= 11 is 0. The lowest BCUT2D eigenvalue weighted by atomic mass is 10.0. The molecule has 3 heterocycles. The number of piperidine rings is 1. The largest absolute Gasteiger partial charge is 0.316 e. The number of hydrogen-bond donors (Lipinski definition) is 0. The van der Waals surface area contributed by atoms with E-state index in [2.05, 4.69) is 37.9 Å². The minimum absolute atomic E-state index is 0.398. The van der Waals surface area contributed by atoms with Crippen LogP contribution in [0.4, 0.5) is 0 Å². The quantitative estimate of drug-likeness (QED) is 0.822. The van der Waals surface area contributed by atoms with Gasteiger partial charge in [0.15, 0.2) is 0 Å². The van der Waals surface area contributed by atoms with Gasteiger partial charge in [-0.1, -0.05) is 6.42 Å². The summed E-state index contributed by atoms with van der Waals surface area (Å²) in [6.45, 7) is 6.25. The molecule has 2 aliphatic rings. The van der Waals surface area contributed by atoms with Crippen LogP contribution in [0.15, 0.2) is 18.7 Å². The maximum atomic E-state index is 4.48. The second kappa shape index (κ2) is 6.43. The van der Waals surface area contributed by atoms with E-state index in [0.29, 0.717) is 6.04 Å². The number of aryl methyl sites for hydroxylation is 1. The van der Waals surface area contributed by atoms with Crippen molar-refractivity contribution in [3.8, 4) is 0 Å². The monoisotopic (exact) mass is 314 g/mol. The molecule has 1 atom stereocenters. The standard InChI is InChI=1S/C17H26N6/c1-2-23-12-15(9-19-23)11-21-8-4-3-5-16(21)17-20-18-13-22(17)10-14-6-7-14/h9,12-14,16H,2-8,10-11H2,1H3. The minimum Gasteiger partial charge on any atom is -0.316 e. The van der Waals surface area contributed by atoms with Gasteiger partial charge in [0, 0.05) is 31.4 Å². The van der Waals surface area contributed by atoms with Gasteiger partial charge in [0.05, 0.1) is 12.2 Å². The molecule has 2 aromatic rings. The second-order valence-corrected chi connectivity index (χ2v) is 6.97. The highest BCUT2D eigenvalue weighted by Gasteiger charge is 2.30. The van der Waals surface area contributed by atoms with Crippen LogP contribution < -0.4 is 0 Å². The fourth-order valence-electron chi connectivity index (χ4n) is 3.61. The molecule has 4 rings (SSSR count). The van der Waals surface area contributed by atoms with E-state index in [4.69, 9.17) is 0 Å². The number of likely N-dealkylation sites (tertiary alicyclic amines) is 1. The highest BCUT2D eigenvalue weighted by molar-refractivity contribution is 5.06. The van der Waals surface area contributed by atoms with Crippen LogP contribution in [-0.2, 0) is 19.6 Å². The van der Waals surface area contributed by atoms with Gasteiger partial charge in [-0.2, -0.15) is 5.10 Å². The van der Waals surface area contributed by atoms with Gasteiger partial charge in [-0.25, -0.2) is 0 Å². The van der Waals surface area contributed by atoms with Crippen LogP contribution >= 0.6 is 0 Å². The topological polar surface area (TPSA) is 51.8 Å². The molecule has 6 heteroatoms. The molecule has 1 saturated carbocycles. The Kier molecular flexibility index (Phi) is 4.16. The van der Waals surface area contributed by atoms with Crippen molar-refractivity contribution in [2.45, 2.75) is 64.7 Å². The number of nitrogens with zero attached hydrogens (tertiary/aromatic N) is 6. The Labute approximate surface area is 137 Å². The Morgan fingerprint density at radius 3 is 2.91 bits per heavy atom. The first-order chi connectivity index (χ1) is 11.3. The lowest BCUT2D eigenvalue weighted by molar-refractivity contribution is 0.130. The summed E-state index contributed by atoms with van der Waals surface area (Å²) in [7, 11) is 0. The molecule has 1 unspecified atom stereocenters. The van der Waals surface area contributed by atoms with E-state index in [1.165, 1.54) is 43.5 Å². The van der Waals surface area contributed by atoms with Crippen LogP contribution in [0.25, 0.3) is 0 Å². The van der Waals surface area contributed by atoms with Crippen LogP contribution in [0.3, 0.4) is 0 Å². The zero-order valence-corrected chi connectivity index (χ0v) is 13.9. The lowest BCUT2D eigenvalue weighted by Crippen LogP contribution is -2.34. The highest BCUT2D eigenvalue weighted by Crippen LogP contribution is 2.34. The summed E-state index contributed by atoms with van der Waals surface area (Å²) in [6.07, 6.45) is 12.6. The molecule has 1 aliphatic carbocycles. The highest BCUT2D eigenvalue weighted by atomic mass is 15.3. The summed E-state index contributed by atoms with van der Waals surface area (Å²) in [4.78, 5) is 2.56. The van der Waals surface area contributed by atoms with Gasteiger partial charge in [-0.15, -0.1) is 10.2 Å². The van der Waals surface area contributed by atoms with E-state index in [1.807, 2.05) is 17.2 Å². The van der Waals surface area contributed by atoms with Gasteiger partial charge >= 0.3 is 0 Å². The van der Waals surface area contributed by atoms with Crippen LogP contribution in [0.1, 0.15) is 56.5 Å². The molecule has 0 bridgehead atoms. The minimum atomic E-state index is 0.398. The molecular formula is C17H26N6. The van der Waals surface area contributed by atoms with Gasteiger partial charge in [0.25, 0.3) is 0 Å². The van der Waals surface area contributed by atoms with Gasteiger partial charge in [0.2, 0.25) is 0 Å². The zero-order chi connectivity index (χ0) is 15.6. The third-order valence-corrected chi connectivity index (χ3v) is 5.11. The van der Waals surface area contributed by atoms with E-state index < -0.39 is 0 Å². The third kappa shape index (κ3) is 3.32. The number of rotatable bonds is 6. The molecule has 0 spiro atoms. The summed E-state index contributed by atoms with van der Waals surface area (Å²) < 4.78 is 4.31. The molecule has 1 saturated heterocycles. The average Bonchev–Trinajstić information content (AvgIpc) is 3.08. The molecule has 0 amide bonds. The normalized spacial score (nSPS) is 22.6. The van der Waals surface area contributed by atoms with Crippen LogP contribution in [0.5, 0.6) is 0 Å². The molecule has 1 aliphatic heterocycles. The van der Waals surface area contributed by atoms with Crippen molar-refractivity contribution >= 4 is 0 Å². The zero-order valence-electron chi connectivity index (χ0n) is 13.9. The van der Waals surface area contributed by atoms with Crippen molar-refractivity contribution in [3.63, 3.8) is 0 Å². The maximum Gasteiger partial charge on any atom is 0.150 e. The predicted molar refractivity (Wildman–Crippen MR) is 87.6 cm³/mol. The first kappa shape index (κ1) is 14.9. The van der Waals surface area contributed by atoms with Crippen molar-refractivity contribution in [1.82, 2.24) is 29.4 Å². The van der Waals surface area contributed by atoms with E-state index in [0.717, 1.165) is 32.1 Å². The molecule has 0 aromatic carbocycles. The van der Waals surface area contributed by atoms with Crippen molar-refractivity contribution in [2.75, 3.05) is 6.54 Å². The SMILES string of the molecule is CCn1cc(CN2CCCCC2c2nncn2CC2CC2)cn1. The second-order valence-electron chi connectivity index (χ2n) is 6.97. The molecule has 2 aromatic heterocycles. The Balaban J connectivity index is 1.51. The maximum absolute atomic E-state index is 4.48. The van der Waals surface area contributed by atoms with Crippen LogP contribution in [0, 0.1) is 5.92 Å². The summed E-state index contributed by atoms with van der Waals surface area (Å²) in [5, 5.41) is 13.1. The first-order valence-corrected chi connectivity index (χ1v) is 8.96. The van der Waals surface area contributed by atoms with Gasteiger partial charge in [0.1, 0.15) is 12.2 Å². The molecule has 124 valence electrons. The molecule has 2 fully saturated rings. The smallest absolute Gasteiger partial charge is 0.150 e. The lowest BCUT2D eigenvalue weighted by Gasteiger charge is -2.34. The van der Waals surface area contributed by atoms with Crippen LogP contribution in [-0.4, -0.2) is 36.0 Å². The van der Waals surface area contributed by atoms with Gasteiger partial charge < -0.3 is 4.57 Å². The van der Waals surface area contributed by atoms with Crippen molar-refractivity contribution in [1.29, 1.82) is 0 Å². The van der Waals surface area contributed by atoms with E-state index in [9.17, 15) is 0 Å². The van der Waals surface area contributed by atoms with Crippen LogP contribution in [0.2, 0.25) is 0 Å². The van der Waals surface area contributed by atoms with Crippen molar-refractivity contribution < 1.29 is 0 Å². The van der Waals surface area contributed by atoms with E-state index in [1.54, 1.807) is 0 Å². The molecule has 6 nitrogen and oxygen atoms in total. The molecule has 0 N–H and O–H groups in total. The van der Waals surface area contributed by atoms with Gasteiger partial charge in [-0.05, 0) is 45.1 Å². The molecular weight excluding hydrogens is 288 g/mol. The Bertz CT molecular complexity index is 641. The summed E-state index contributed by atoms with van der Waals surface area (Å²) in [5.41, 5.74) is 1.30. The Hall–Kier alpha value is -1.69. The third-order valence-electron chi connectivity index (χ3n) is 5.11. The summed E-state index contributed by atoms with van der Waals surface area (Å²) in [5.74, 6) is 2.02. The Morgan fingerprint density at radius 2 is 2.13 bits per heavy atom. The average molecular weight is 314 g/mol. The molecule has 0 radical (unpaired) electrons. The Morgan fingerprint density at radius 1 is 1.22 bits per heavy atom. The number of aromatic nitrogens is 5. The summed E-state index contributed by atoms with van der Waals surface area (Å²) in [6, 6.07) is 0.398. The predicted octanol–water partition coefficient (Wildman–Crippen LogP) is 2.63. The first-order valence-electron chi connectivity index (χ1n) is 8.96. The van der Waals surface area contributed by atoms with Gasteiger partial charge in [-0.3, -0.25) is 9.58 Å². The number of hydrogen-bond acceptors (Lipinski definition) is 4. The van der Waals surface area contributed by atoms with Crippen molar-refractivity contribution in [2.24, 2.45) is 5.92 Å².